The Morgan fingerprint density at radius 2 is 1.48 bits per heavy atom. The lowest BCUT2D eigenvalue weighted by atomic mass is 9.97. The molecule has 2 fully saturated rings. The van der Waals surface area contributed by atoms with Gasteiger partial charge in [0.2, 0.25) is 0 Å². The molecule has 2 aliphatic rings. The number of hydrogen-bond acceptors (Lipinski definition) is 10. The van der Waals surface area contributed by atoms with Crippen LogP contribution in [0, 0.1) is 0 Å². The van der Waals surface area contributed by atoms with E-state index in [4.69, 9.17) is 14.6 Å². The maximum absolute atomic E-state index is 11.2. The Morgan fingerprint density at radius 3 is 2.04 bits per heavy atom. The van der Waals surface area contributed by atoms with Crippen molar-refractivity contribution in [2.45, 2.75) is 68.3 Å². The number of rotatable bonds is 3. The van der Waals surface area contributed by atoms with Crippen LogP contribution < -0.4 is 0 Å². The summed E-state index contributed by atoms with van der Waals surface area (Å²) in [6, 6.07) is 0. The fraction of sp³-hybridized carbons (Fsp3) is 0.917. The molecule has 7 N–H and O–H groups in total. The van der Waals surface area contributed by atoms with Crippen LogP contribution in [-0.4, -0.2) is 103 Å². The van der Waals surface area contributed by atoms with Crippen LogP contribution in [0.2, 0.25) is 0 Å². The molecule has 2 rings (SSSR count). The van der Waals surface area contributed by atoms with Gasteiger partial charge in [-0.05, 0) is 6.92 Å². The Kier molecular flexibility index (Phi) is 5.56. The minimum Gasteiger partial charge on any atom is -0.479 e. The van der Waals surface area contributed by atoms with Crippen LogP contribution in [0.4, 0.5) is 0 Å². The van der Waals surface area contributed by atoms with E-state index in [1.165, 1.54) is 6.92 Å². The highest BCUT2D eigenvalue weighted by Gasteiger charge is 2.51. The second kappa shape index (κ2) is 6.93. The van der Waals surface area contributed by atoms with Crippen LogP contribution in [0.1, 0.15) is 6.92 Å². The summed E-state index contributed by atoms with van der Waals surface area (Å²) >= 11 is 0. The minimum absolute atomic E-state index is 0.946. The van der Waals surface area contributed by atoms with Crippen LogP contribution >= 0.6 is 0 Å². The van der Waals surface area contributed by atoms with Crippen molar-refractivity contribution in [2.75, 3.05) is 0 Å². The predicted octanol–water partition coefficient (Wildman–Crippen LogP) is -4.28. The summed E-state index contributed by atoms with van der Waals surface area (Å²) in [5, 5.41) is 67.0. The first-order chi connectivity index (χ1) is 10.6. The molecule has 0 amide bonds. The van der Waals surface area contributed by atoms with E-state index in [9.17, 15) is 35.4 Å². The second-order valence-electron chi connectivity index (χ2n) is 5.55. The van der Waals surface area contributed by atoms with Gasteiger partial charge in [-0.15, -0.1) is 0 Å². The molecular formula is C12H20O11. The summed E-state index contributed by atoms with van der Waals surface area (Å²) < 4.78 is 15.0. The maximum atomic E-state index is 11.2. The highest BCUT2D eigenvalue weighted by atomic mass is 16.7. The molecule has 0 saturated carbocycles. The van der Waals surface area contributed by atoms with Gasteiger partial charge in [-0.1, -0.05) is 0 Å². The number of aliphatic hydroxyl groups excluding tert-OH is 6. The van der Waals surface area contributed by atoms with Crippen LogP contribution in [-0.2, 0) is 19.0 Å². The summed E-state index contributed by atoms with van der Waals surface area (Å²) in [5.74, 6) is -1.58. The number of aliphatic hydroxyl groups is 6. The second-order valence-corrected chi connectivity index (χ2v) is 5.55. The number of hydrogen-bond donors (Lipinski definition) is 7. The monoisotopic (exact) mass is 340 g/mol. The van der Waals surface area contributed by atoms with Gasteiger partial charge in [0, 0.05) is 0 Å². The van der Waals surface area contributed by atoms with E-state index < -0.39 is 67.4 Å². The summed E-state index contributed by atoms with van der Waals surface area (Å²) in [4.78, 5) is 11.2. The van der Waals surface area contributed by atoms with E-state index in [0.717, 1.165) is 0 Å². The van der Waals surface area contributed by atoms with E-state index in [-0.39, 0.29) is 0 Å². The van der Waals surface area contributed by atoms with Gasteiger partial charge < -0.3 is 50.0 Å². The normalized spacial score (nSPS) is 51.4. The number of aliphatic carboxylic acids is 1. The van der Waals surface area contributed by atoms with Gasteiger partial charge in [-0.25, -0.2) is 4.79 Å². The molecule has 0 bridgehead atoms. The zero-order valence-electron chi connectivity index (χ0n) is 12.0. The predicted molar refractivity (Wildman–Crippen MR) is 67.8 cm³/mol. The van der Waals surface area contributed by atoms with Crippen LogP contribution in [0.3, 0.4) is 0 Å². The van der Waals surface area contributed by atoms with Crippen molar-refractivity contribution in [1.29, 1.82) is 0 Å². The fourth-order valence-electron chi connectivity index (χ4n) is 2.48. The first-order valence-corrected chi connectivity index (χ1v) is 6.92. The molecule has 134 valence electrons. The minimum atomic E-state index is -1.94. The van der Waals surface area contributed by atoms with Gasteiger partial charge in [0.05, 0.1) is 6.10 Å². The molecule has 2 saturated heterocycles. The first kappa shape index (κ1) is 18.4. The van der Waals surface area contributed by atoms with E-state index in [1.54, 1.807) is 0 Å². The van der Waals surface area contributed by atoms with Crippen molar-refractivity contribution in [2.24, 2.45) is 0 Å². The van der Waals surface area contributed by atoms with Gasteiger partial charge >= 0.3 is 5.97 Å². The number of carboxylic acid groups (broad SMARTS) is 1. The quantitative estimate of drug-likeness (QED) is 0.263. The van der Waals surface area contributed by atoms with E-state index in [2.05, 4.69) is 4.74 Å². The van der Waals surface area contributed by atoms with Gasteiger partial charge in [0.15, 0.2) is 18.7 Å². The van der Waals surface area contributed by atoms with E-state index in [0.29, 0.717) is 0 Å². The molecule has 0 aromatic rings. The van der Waals surface area contributed by atoms with Crippen molar-refractivity contribution >= 4 is 5.97 Å². The zero-order valence-corrected chi connectivity index (χ0v) is 12.0. The van der Waals surface area contributed by atoms with Crippen molar-refractivity contribution < 1.29 is 54.8 Å². The molecule has 0 aliphatic carbocycles. The van der Waals surface area contributed by atoms with Gasteiger partial charge in [0.1, 0.15) is 36.6 Å². The van der Waals surface area contributed by atoms with Crippen LogP contribution in [0.15, 0.2) is 0 Å². The Bertz CT molecular complexity index is 431. The number of carbonyl (C=O) groups is 1. The molecule has 10 atom stereocenters. The Labute approximate surface area is 130 Å². The Morgan fingerprint density at radius 1 is 0.870 bits per heavy atom. The zero-order chi connectivity index (χ0) is 17.5. The van der Waals surface area contributed by atoms with Crippen molar-refractivity contribution in [3.05, 3.63) is 0 Å². The molecule has 23 heavy (non-hydrogen) atoms. The largest absolute Gasteiger partial charge is 0.479 e. The average molecular weight is 340 g/mol. The molecule has 0 aromatic carbocycles. The summed E-state index contributed by atoms with van der Waals surface area (Å²) in [6.45, 7) is 1.39. The van der Waals surface area contributed by atoms with Crippen LogP contribution in [0.5, 0.6) is 0 Å². The third-order valence-corrected chi connectivity index (χ3v) is 3.91. The lowest BCUT2D eigenvalue weighted by Gasteiger charge is -2.44. The molecule has 11 heteroatoms. The molecule has 0 spiro atoms. The van der Waals surface area contributed by atoms with Crippen molar-refractivity contribution in [1.82, 2.24) is 0 Å². The molecule has 2 aliphatic heterocycles. The number of ether oxygens (including phenoxy) is 3. The van der Waals surface area contributed by atoms with Gasteiger partial charge in [-0.2, -0.15) is 0 Å². The smallest absolute Gasteiger partial charge is 0.335 e. The topological polar surface area (TPSA) is 186 Å². The average Bonchev–Trinajstić information content (AvgIpc) is 2.50. The highest BCUT2D eigenvalue weighted by molar-refractivity contribution is 5.73. The molecule has 0 unspecified atom stereocenters. The third-order valence-electron chi connectivity index (χ3n) is 3.91. The Balaban J connectivity index is 2.16. The molecular weight excluding hydrogens is 320 g/mol. The number of carboxylic acids is 1. The lowest BCUT2D eigenvalue weighted by molar-refractivity contribution is -0.347. The molecule has 0 aromatic heterocycles. The third kappa shape index (κ3) is 3.47. The molecule has 11 nitrogen and oxygen atoms in total. The van der Waals surface area contributed by atoms with Crippen molar-refractivity contribution in [3.8, 4) is 0 Å². The van der Waals surface area contributed by atoms with E-state index in [1.807, 2.05) is 0 Å². The van der Waals surface area contributed by atoms with Crippen LogP contribution in [0.25, 0.3) is 0 Å². The SMILES string of the molecule is C[C@@H]1O[C@@H](O[C@@H]2[C@H](O)[C@@H](O)[C@@H](O)O[C@@H]2C(=O)O)[C@H](O)[C@H](O)[C@H]1O. The Hall–Kier alpha value is -0.890. The molecule has 2 heterocycles. The lowest BCUT2D eigenvalue weighted by Crippen LogP contribution is -2.64. The first-order valence-electron chi connectivity index (χ1n) is 6.92. The highest BCUT2D eigenvalue weighted by Crippen LogP contribution is 2.28. The van der Waals surface area contributed by atoms with E-state index >= 15 is 0 Å². The summed E-state index contributed by atoms with van der Waals surface area (Å²) in [7, 11) is 0. The molecule has 0 radical (unpaired) electrons. The standard InChI is InChI=1S/C12H20O11/c1-2-3(13)4(14)7(17)12(21-2)23-8-5(15)6(16)11(20)22-9(8)10(18)19/h2-9,11-17,20H,1H3,(H,18,19)/t2-,3-,4+,5+,6+,7+,8+,9-,11-,12-/m0/s1. The van der Waals surface area contributed by atoms with Crippen molar-refractivity contribution in [3.63, 3.8) is 0 Å². The summed E-state index contributed by atoms with van der Waals surface area (Å²) in [5.41, 5.74) is 0. The van der Waals surface area contributed by atoms with Gasteiger partial charge in [-0.3, -0.25) is 0 Å². The maximum Gasteiger partial charge on any atom is 0.335 e. The fourth-order valence-corrected chi connectivity index (χ4v) is 2.48. The van der Waals surface area contributed by atoms with Gasteiger partial charge in [0.25, 0.3) is 0 Å². The summed E-state index contributed by atoms with van der Waals surface area (Å²) in [6.07, 6.45) is -16.4.